The number of anilines is 1. The first-order chi connectivity index (χ1) is 8.01. The molecule has 3 heteroatoms. The van der Waals surface area contributed by atoms with Gasteiger partial charge in [0, 0.05) is 18.8 Å². The van der Waals surface area contributed by atoms with Crippen LogP contribution in [0.1, 0.15) is 25.3 Å². The van der Waals surface area contributed by atoms with Crippen molar-refractivity contribution in [2.24, 2.45) is 5.41 Å². The van der Waals surface area contributed by atoms with Crippen LogP contribution >= 0.6 is 0 Å². The van der Waals surface area contributed by atoms with Gasteiger partial charge >= 0.3 is 5.97 Å². The van der Waals surface area contributed by atoms with Gasteiger partial charge in [0.1, 0.15) is 0 Å². The second-order valence-corrected chi connectivity index (χ2v) is 5.19. The Bertz CT molecular complexity index is 403. The summed E-state index contributed by atoms with van der Waals surface area (Å²) in [4.78, 5) is 13.4. The molecule has 1 heterocycles. The molecule has 92 valence electrons. The maximum Gasteiger partial charge on any atom is 0.309 e. The molecule has 0 saturated carbocycles. The van der Waals surface area contributed by atoms with Crippen molar-refractivity contribution in [3.05, 3.63) is 29.8 Å². The van der Waals surface area contributed by atoms with Gasteiger partial charge in [-0.15, -0.1) is 0 Å². The number of carboxylic acids is 1. The molecule has 0 bridgehead atoms. The quantitative estimate of drug-likeness (QED) is 0.853. The number of hydrogen-bond acceptors (Lipinski definition) is 2. The molecule has 3 nitrogen and oxygen atoms in total. The van der Waals surface area contributed by atoms with Crippen molar-refractivity contribution in [1.82, 2.24) is 0 Å². The minimum absolute atomic E-state index is 0.540. The van der Waals surface area contributed by atoms with Crippen molar-refractivity contribution in [2.75, 3.05) is 18.0 Å². The van der Waals surface area contributed by atoms with Gasteiger partial charge in [-0.1, -0.05) is 17.7 Å². The van der Waals surface area contributed by atoms with Crippen molar-refractivity contribution in [2.45, 2.75) is 26.7 Å². The first kappa shape index (κ1) is 12.0. The Kier molecular flexibility index (Phi) is 3.09. The van der Waals surface area contributed by atoms with Crippen molar-refractivity contribution in [1.29, 1.82) is 0 Å². The summed E-state index contributed by atoms with van der Waals surface area (Å²) in [7, 11) is 0. The molecule has 0 amide bonds. The third kappa shape index (κ3) is 2.43. The van der Waals surface area contributed by atoms with Gasteiger partial charge in [-0.3, -0.25) is 4.79 Å². The van der Waals surface area contributed by atoms with E-state index in [1.165, 1.54) is 11.3 Å². The standard InChI is InChI=1S/C14H19NO2/c1-11-3-5-12(6-4-11)15-9-7-14(2,8-10-15)13(16)17/h3-6H,7-10H2,1-2H3,(H,16,17). The second-order valence-electron chi connectivity index (χ2n) is 5.19. The first-order valence-electron chi connectivity index (χ1n) is 6.06. The summed E-state index contributed by atoms with van der Waals surface area (Å²) in [6.07, 6.45) is 1.44. The molecule has 1 aliphatic heterocycles. The van der Waals surface area contributed by atoms with Crippen LogP contribution < -0.4 is 4.90 Å². The number of rotatable bonds is 2. The number of hydrogen-bond donors (Lipinski definition) is 1. The Balaban J connectivity index is 2.04. The van der Waals surface area contributed by atoms with Gasteiger partial charge in [0.25, 0.3) is 0 Å². The molecular weight excluding hydrogens is 214 g/mol. The predicted molar refractivity (Wildman–Crippen MR) is 68.4 cm³/mol. The molecule has 1 fully saturated rings. The first-order valence-corrected chi connectivity index (χ1v) is 6.06. The number of carboxylic acid groups (broad SMARTS) is 1. The van der Waals surface area contributed by atoms with E-state index in [1.807, 2.05) is 6.92 Å². The molecule has 0 spiro atoms. The third-order valence-electron chi connectivity index (χ3n) is 3.78. The molecule has 1 aromatic carbocycles. The Morgan fingerprint density at radius 1 is 1.24 bits per heavy atom. The topological polar surface area (TPSA) is 40.5 Å². The number of nitrogens with zero attached hydrogens (tertiary/aromatic N) is 1. The molecule has 1 aliphatic rings. The molecule has 0 radical (unpaired) electrons. The maximum atomic E-state index is 11.1. The lowest BCUT2D eigenvalue weighted by Gasteiger charge is -2.37. The lowest BCUT2D eigenvalue weighted by Crippen LogP contribution is -2.42. The van der Waals surface area contributed by atoms with Gasteiger partial charge in [-0.25, -0.2) is 0 Å². The monoisotopic (exact) mass is 233 g/mol. The summed E-state index contributed by atoms with van der Waals surface area (Å²) in [5, 5.41) is 9.17. The van der Waals surface area contributed by atoms with E-state index in [2.05, 4.69) is 36.1 Å². The lowest BCUT2D eigenvalue weighted by molar-refractivity contribution is -0.149. The summed E-state index contributed by atoms with van der Waals surface area (Å²) >= 11 is 0. The van der Waals surface area contributed by atoms with Crippen LogP contribution in [0.4, 0.5) is 5.69 Å². The van der Waals surface area contributed by atoms with Crippen LogP contribution in [0.5, 0.6) is 0 Å². The minimum Gasteiger partial charge on any atom is -0.481 e. The molecule has 0 aromatic heterocycles. The van der Waals surface area contributed by atoms with E-state index in [1.54, 1.807) is 0 Å². The zero-order valence-corrected chi connectivity index (χ0v) is 10.4. The van der Waals surface area contributed by atoms with Gasteiger partial charge in [0.15, 0.2) is 0 Å². The molecule has 1 N–H and O–H groups in total. The van der Waals surface area contributed by atoms with Crippen molar-refractivity contribution < 1.29 is 9.90 Å². The smallest absolute Gasteiger partial charge is 0.309 e. The van der Waals surface area contributed by atoms with Crippen LogP contribution in [-0.2, 0) is 4.79 Å². The van der Waals surface area contributed by atoms with Crippen molar-refractivity contribution in [3.8, 4) is 0 Å². The highest BCUT2D eigenvalue weighted by Crippen LogP contribution is 2.33. The van der Waals surface area contributed by atoms with E-state index in [0.717, 1.165) is 25.9 Å². The van der Waals surface area contributed by atoms with Crippen LogP contribution in [0.3, 0.4) is 0 Å². The van der Waals surface area contributed by atoms with E-state index in [-0.39, 0.29) is 0 Å². The SMILES string of the molecule is Cc1ccc(N2CCC(C)(C(=O)O)CC2)cc1. The highest BCUT2D eigenvalue weighted by Gasteiger charge is 2.36. The maximum absolute atomic E-state index is 11.1. The van der Waals surface area contributed by atoms with Gasteiger partial charge in [-0.2, -0.15) is 0 Å². The molecule has 0 unspecified atom stereocenters. The van der Waals surface area contributed by atoms with Crippen molar-refractivity contribution >= 4 is 11.7 Å². The highest BCUT2D eigenvalue weighted by atomic mass is 16.4. The van der Waals surface area contributed by atoms with Crippen LogP contribution in [0.25, 0.3) is 0 Å². The molecule has 0 aliphatic carbocycles. The Labute approximate surface area is 102 Å². The summed E-state index contributed by atoms with van der Waals surface area (Å²) in [6, 6.07) is 8.41. The summed E-state index contributed by atoms with van der Waals surface area (Å²) in [5.41, 5.74) is 1.91. The van der Waals surface area contributed by atoms with E-state index < -0.39 is 11.4 Å². The van der Waals surface area contributed by atoms with Crippen molar-refractivity contribution in [3.63, 3.8) is 0 Å². The van der Waals surface area contributed by atoms with Crippen LogP contribution in [0.2, 0.25) is 0 Å². The van der Waals surface area contributed by atoms with Crippen LogP contribution in [-0.4, -0.2) is 24.2 Å². The third-order valence-corrected chi connectivity index (χ3v) is 3.78. The van der Waals surface area contributed by atoms with Gasteiger partial charge in [0.2, 0.25) is 0 Å². The van der Waals surface area contributed by atoms with Gasteiger partial charge < -0.3 is 10.0 Å². The van der Waals surface area contributed by atoms with E-state index in [9.17, 15) is 9.90 Å². The summed E-state index contributed by atoms with van der Waals surface area (Å²) in [6.45, 7) is 5.57. The molecule has 2 rings (SSSR count). The molecule has 0 atom stereocenters. The molecule has 17 heavy (non-hydrogen) atoms. The van der Waals surface area contributed by atoms with Crippen LogP contribution in [0.15, 0.2) is 24.3 Å². The number of aryl methyl sites for hydroxylation is 1. The Morgan fingerprint density at radius 3 is 2.24 bits per heavy atom. The fraction of sp³-hybridized carbons (Fsp3) is 0.500. The average molecular weight is 233 g/mol. The van der Waals surface area contributed by atoms with E-state index in [0.29, 0.717) is 0 Å². The van der Waals surface area contributed by atoms with Crippen LogP contribution in [0, 0.1) is 12.3 Å². The van der Waals surface area contributed by atoms with E-state index >= 15 is 0 Å². The summed E-state index contributed by atoms with van der Waals surface area (Å²) in [5.74, 6) is -0.666. The van der Waals surface area contributed by atoms with E-state index in [4.69, 9.17) is 0 Å². The van der Waals surface area contributed by atoms with Gasteiger partial charge in [-0.05, 0) is 38.8 Å². The number of aliphatic carboxylic acids is 1. The molecule has 1 aromatic rings. The largest absolute Gasteiger partial charge is 0.481 e. The second kappa shape index (κ2) is 4.40. The summed E-state index contributed by atoms with van der Waals surface area (Å²) < 4.78 is 0. The molecule has 1 saturated heterocycles. The Hall–Kier alpha value is -1.51. The fourth-order valence-electron chi connectivity index (χ4n) is 2.23. The number of piperidine rings is 1. The Morgan fingerprint density at radius 2 is 1.76 bits per heavy atom. The lowest BCUT2D eigenvalue weighted by atomic mass is 9.80. The fourth-order valence-corrected chi connectivity index (χ4v) is 2.23. The predicted octanol–water partition coefficient (Wildman–Crippen LogP) is 2.69. The number of benzene rings is 1. The normalized spacial score (nSPS) is 19.1. The zero-order valence-electron chi connectivity index (χ0n) is 10.4. The molecular formula is C14H19NO2. The average Bonchev–Trinajstić information content (AvgIpc) is 2.31. The van der Waals surface area contributed by atoms with Gasteiger partial charge in [0.05, 0.1) is 5.41 Å². The highest BCUT2D eigenvalue weighted by molar-refractivity contribution is 5.74. The zero-order chi connectivity index (χ0) is 12.5. The number of carbonyl (C=O) groups is 1. The minimum atomic E-state index is -0.666.